The van der Waals surface area contributed by atoms with Gasteiger partial charge in [0.25, 0.3) is 0 Å². The number of hydrogen-bond donors (Lipinski definition) is 1. The highest BCUT2D eigenvalue weighted by Gasteiger charge is 2.28. The van der Waals surface area contributed by atoms with Crippen LogP contribution in [-0.2, 0) is 0 Å². The second kappa shape index (κ2) is 5.25. The zero-order valence-corrected chi connectivity index (χ0v) is 12.2. The van der Waals surface area contributed by atoms with Crippen molar-refractivity contribution in [1.82, 2.24) is 9.97 Å². The quantitative estimate of drug-likeness (QED) is 0.857. The van der Waals surface area contributed by atoms with Gasteiger partial charge in [-0.2, -0.15) is 11.8 Å². The van der Waals surface area contributed by atoms with Crippen molar-refractivity contribution < 1.29 is 0 Å². The van der Waals surface area contributed by atoms with Crippen LogP contribution in [0, 0.1) is 6.92 Å². The second-order valence-electron chi connectivity index (χ2n) is 5.14. The maximum absolute atomic E-state index is 6.19. The monoisotopic (exact) mass is 283 g/mol. The van der Waals surface area contributed by atoms with Crippen molar-refractivity contribution >= 4 is 29.2 Å². The van der Waals surface area contributed by atoms with E-state index in [0.717, 1.165) is 29.0 Å². The van der Waals surface area contributed by atoms with Crippen LogP contribution < -0.4 is 5.32 Å². The molecule has 1 saturated carbocycles. The third kappa shape index (κ3) is 2.75. The fraction of sp³-hybridized carbons (Fsp3) is 0.692. The zero-order valence-electron chi connectivity index (χ0n) is 10.6. The number of aromatic nitrogens is 2. The molecule has 3 nitrogen and oxygen atoms in total. The van der Waals surface area contributed by atoms with Gasteiger partial charge in [-0.3, -0.25) is 0 Å². The van der Waals surface area contributed by atoms with Gasteiger partial charge in [-0.05, 0) is 38.4 Å². The van der Waals surface area contributed by atoms with Crippen LogP contribution in [0.25, 0.3) is 0 Å². The van der Waals surface area contributed by atoms with Crippen LogP contribution >= 0.6 is 23.4 Å². The molecule has 1 aromatic rings. The van der Waals surface area contributed by atoms with Crippen molar-refractivity contribution in [3.63, 3.8) is 0 Å². The number of rotatable bonds is 4. The smallest absolute Gasteiger partial charge is 0.137 e. The Morgan fingerprint density at radius 1 is 1.33 bits per heavy atom. The lowest BCUT2D eigenvalue weighted by Crippen LogP contribution is -2.16. The van der Waals surface area contributed by atoms with Gasteiger partial charge < -0.3 is 5.32 Å². The van der Waals surface area contributed by atoms with Crippen molar-refractivity contribution in [3.8, 4) is 0 Å². The molecule has 1 aliphatic heterocycles. The summed E-state index contributed by atoms with van der Waals surface area (Å²) in [5, 5.41) is 4.79. The second-order valence-corrected chi connectivity index (χ2v) is 6.90. The molecule has 0 spiro atoms. The van der Waals surface area contributed by atoms with Gasteiger partial charge >= 0.3 is 0 Å². The van der Waals surface area contributed by atoms with E-state index in [1.165, 1.54) is 31.4 Å². The summed E-state index contributed by atoms with van der Waals surface area (Å²) in [5.74, 6) is 3.70. The number of thioether (sulfide) groups is 1. The van der Waals surface area contributed by atoms with Crippen LogP contribution in [0.2, 0.25) is 5.15 Å². The lowest BCUT2D eigenvalue weighted by molar-refractivity contribution is 0.800. The van der Waals surface area contributed by atoms with Crippen LogP contribution in [0.3, 0.4) is 0 Å². The SMILES string of the molecule is Cc1c(Cl)nc(C2CC2)nc1NCC1CCCS1. The molecule has 1 unspecified atom stereocenters. The number of nitrogens with zero attached hydrogens (tertiary/aromatic N) is 2. The zero-order chi connectivity index (χ0) is 12.5. The Labute approximate surface area is 117 Å². The Morgan fingerprint density at radius 3 is 2.83 bits per heavy atom. The van der Waals surface area contributed by atoms with Crippen LogP contribution in [0.15, 0.2) is 0 Å². The van der Waals surface area contributed by atoms with Crippen molar-refractivity contribution in [3.05, 3.63) is 16.5 Å². The first-order valence-electron chi connectivity index (χ1n) is 6.63. The van der Waals surface area contributed by atoms with Crippen molar-refractivity contribution in [2.45, 2.75) is 43.8 Å². The topological polar surface area (TPSA) is 37.8 Å². The van der Waals surface area contributed by atoms with E-state index in [0.29, 0.717) is 11.1 Å². The van der Waals surface area contributed by atoms with Gasteiger partial charge in [-0.25, -0.2) is 9.97 Å². The highest BCUT2D eigenvalue weighted by atomic mass is 35.5. The Kier molecular flexibility index (Phi) is 3.66. The van der Waals surface area contributed by atoms with Crippen LogP contribution in [0.5, 0.6) is 0 Å². The molecule has 3 rings (SSSR count). The van der Waals surface area contributed by atoms with E-state index in [9.17, 15) is 0 Å². The van der Waals surface area contributed by atoms with Crippen LogP contribution in [-0.4, -0.2) is 27.5 Å². The molecular weight excluding hydrogens is 266 g/mol. The Hall–Kier alpha value is -0.480. The van der Waals surface area contributed by atoms with Gasteiger partial charge in [0.15, 0.2) is 0 Å². The number of halogens is 1. The maximum atomic E-state index is 6.19. The first-order valence-corrected chi connectivity index (χ1v) is 8.06. The van der Waals surface area contributed by atoms with Gasteiger partial charge in [0, 0.05) is 23.3 Å². The van der Waals surface area contributed by atoms with E-state index < -0.39 is 0 Å². The first-order chi connectivity index (χ1) is 8.74. The predicted molar refractivity (Wildman–Crippen MR) is 77.7 cm³/mol. The Bertz CT molecular complexity index is 442. The maximum Gasteiger partial charge on any atom is 0.137 e. The van der Waals surface area contributed by atoms with E-state index in [1.807, 2.05) is 6.92 Å². The fourth-order valence-electron chi connectivity index (χ4n) is 2.22. The van der Waals surface area contributed by atoms with Crippen molar-refractivity contribution in [1.29, 1.82) is 0 Å². The predicted octanol–water partition coefficient (Wildman–Crippen LogP) is 3.62. The summed E-state index contributed by atoms with van der Waals surface area (Å²) < 4.78 is 0. The standard InChI is InChI=1S/C13H18ClN3S/c1-8-11(14)16-13(9-4-5-9)17-12(8)15-7-10-3-2-6-18-10/h9-10H,2-7H2,1H3,(H,15,16,17). The molecule has 2 heterocycles. The van der Waals surface area contributed by atoms with Gasteiger partial charge in [-0.15, -0.1) is 0 Å². The van der Waals surface area contributed by atoms with Gasteiger partial charge in [0.05, 0.1) is 0 Å². The molecule has 98 valence electrons. The summed E-state index contributed by atoms with van der Waals surface area (Å²) in [5.41, 5.74) is 0.976. The Morgan fingerprint density at radius 2 is 2.17 bits per heavy atom. The van der Waals surface area contributed by atoms with Crippen molar-refractivity contribution in [2.24, 2.45) is 0 Å². The average Bonchev–Trinajstić information content (AvgIpc) is 3.08. The summed E-state index contributed by atoms with van der Waals surface area (Å²) in [6.45, 7) is 2.98. The lowest BCUT2D eigenvalue weighted by atomic mass is 10.2. The summed E-state index contributed by atoms with van der Waals surface area (Å²) in [6, 6.07) is 0. The first kappa shape index (κ1) is 12.5. The van der Waals surface area contributed by atoms with Crippen LogP contribution in [0.4, 0.5) is 5.82 Å². The van der Waals surface area contributed by atoms with E-state index in [4.69, 9.17) is 11.6 Å². The molecule has 1 aliphatic carbocycles. The molecule has 0 amide bonds. The molecule has 0 radical (unpaired) electrons. The third-order valence-corrected chi connectivity index (χ3v) is 5.33. The van der Waals surface area contributed by atoms with E-state index in [2.05, 4.69) is 27.0 Å². The summed E-state index contributed by atoms with van der Waals surface area (Å²) in [4.78, 5) is 9.02. The number of anilines is 1. The molecule has 1 N–H and O–H groups in total. The lowest BCUT2D eigenvalue weighted by Gasteiger charge is -2.14. The summed E-state index contributed by atoms with van der Waals surface area (Å²) >= 11 is 8.25. The molecule has 2 aliphatic rings. The largest absolute Gasteiger partial charge is 0.369 e. The number of hydrogen-bond acceptors (Lipinski definition) is 4. The molecular formula is C13H18ClN3S. The summed E-state index contributed by atoms with van der Waals surface area (Å²) in [7, 11) is 0. The fourth-order valence-corrected chi connectivity index (χ4v) is 3.59. The molecule has 5 heteroatoms. The molecule has 0 aromatic carbocycles. The minimum absolute atomic E-state index is 0.546. The highest BCUT2D eigenvalue weighted by Crippen LogP contribution is 2.39. The van der Waals surface area contributed by atoms with Crippen molar-refractivity contribution in [2.75, 3.05) is 17.6 Å². The third-order valence-electron chi connectivity index (χ3n) is 3.57. The van der Waals surface area contributed by atoms with Crippen LogP contribution in [0.1, 0.15) is 43.0 Å². The Balaban J connectivity index is 1.72. The molecule has 1 aromatic heterocycles. The number of nitrogens with one attached hydrogen (secondary N) is 1. The molecule has 2 fully saturated rings. The van der Waals surface area contributed by atoms with E-state index in [-0.39, 0.29) is 0 Å². The minimum atomic E-state index is 0.546. The van der Waals surface area contributed by atoms with Gasteiger partial charge in [0.1, 0.15) is 16.8 Å². The highest BCUT2D eigenvalue weighted by molar-refractivity contribution is 8.00. The molecule has 18 heavy (non-hydrogen) atoms. The molecule has 1 saturated heterocycles. The molecule has 0 bridgehead atoms. The normalized spacial score (nSPS) is 23.3. The molecule has 1 atom stereocenters. The summed E-state index contributed by atoms with van der Waals surface area (Å²) in [6.07, 6.45) is 5.06. The average molecular weight is 284 g/mol. The van der Waals surface area contributed by atoms with Gasteiger partial charge in [-0.1, -0.05) is 11.6 Å². The van der Waals surface area contributed by atoms with E-state index in [1.54, 1.807) is 0 Å². The van der Waals surface area contributed by atoms with Gasteiger partial charge in [0.2, 0.25) is 0 Å². The van der Waals surface area contributed by atoms with E-state index >= 15 is 0 Å². The minimum Gasteiger partial charge on any atom is -0.369 e.